The molecule has 7 nitrogen and oxygen atoms in total. The standard InChI is InChI=1S/C25H32N2O5/c1-6-16-15-27(30)12-11-19-18-9-7-8-10-20(18)26(24(29)32-25(2,3)4)23(19)21(27)13-17(16)14-22(28)31-5/h6-10,17,21H,11-15H2,1-5H3/b16-6+/t17-,21+,27?/m1/s1. The van der Waals surface area contributed by atoms with E-state index in [9.17, 15) is 14.8 Å². The van der Waals surface area contributed by atoms with Crippen LogP contribution in [0.4, 0.5) is 4.79 Å². The lowest BCUT2D eigenvalue weighted by Gasteiger charge is -2.56. The number of quaternary nitrogens is 1. The predicted molar refractivity (Wildman–Crippen MR) is 122 cm³/mol. The van der Waals surface area contributed by atoms with E-state index in [4.69, 9.17) is 9.47 Å². The zero-order valence-corrected chi connectivity index (χ0v) is 19.5. The summed E-state index contributed by atoms with van der Waals surface area (Å²) in [5.74, 6) is -0.377. The van der Waals surface area contributed by atoms with Crippen LogP contribution in [0.25, 0.3) is 10.9 Å². The monoisotopic (exact) mass is 440 g/mol. The highest BCUT2D eigenvalue weighted by Gasteiger charge is 2.47. The number of fused-ring (bicyclic) bond motifs is 5. The fraction of sp³-hybridized carbons (Fsp3) is 0.520. The summed E-state index contributed by atoms with van der Waals surface area (Å²) in [5.41, 5.74) is 2.88. The van der Waals surface area contributed by atoms with Crippen LogP contribution in [0.1, 0.15) is 57.8 Å². The second kappa shape index (κ2) is 8.05. The van der Waals surface area contributed by atoms with Crippen molar-refractivity contribution in [3.8, 4) is 0 Å². The Kier molecular flexibility index (Phi) is 5.67. The lowest BCUT2D eigenvalue weighted by molar-refractivity contribution is -0.914. The van der Waals surface area contributed by atoms with Gasteiger partial charge in [0.15, 0.2) is 0 Å². The van der Waals surface area contributed by atoms with Gasteiger partial charge in [0.1, 0.15) is 18.2 Å². The number of esters is 1. The van der Waals surface area contributed by atoms with Crippen molar-refractivity contribution < 1.29 is 23.7 Å². The fourth-order valence-corrected chi connectivity index (χ4v) is 5.30. The maximum absolute atomic E-state index is 14.1. The van der Waals surface area contributed by atoms with Gasteiger partial charge in [-0.1, -0.05) is 24.3 Å². The van der Waals surface area contributed by atoms with Gasteiger partial charge in [0, 0.05) is 24.1 Å². The first-order chi connectivity index (χ1) is 15.1. The summed E-state index contributed by atoms with van der Waals surface area (Å²) < 4.78 is 11.9. The van der Waals surface area contributed by atoms with Gasteiger partial charge in [0.25, 0.3) is 0 Å². The van der Waals surface area contributed by atoms with Crippen molar-refractivity contribution in [3.63, 3.8) is 0 Å². The smallest absolute Gasteiger partial charge is 0.419 e. The molecule has 1 unspecified atom stereocenters. The molecule has 0 spiro atoms. The van der Waals surface area contributed by atoms with Gasteiger partial charge in [-0.05, 0) is 44.9 Å². The molecule has 2 aliphatic rings. The van der Waals surface area contributed by atoms with Crippen molar-refractivity contribution in [1.29, 1.82) is 0 Å². The fourth-order valence-electron chi connectivity index (χ4n) is 5.30. The van der Waals surface area contributed by atoms with Crippen molar-refractivity contribution >= 4 is 23.0 Å². The Morgan fingerprint density at radius 1 is 1.28 bits per heavy atom. The van der Waals surface area contributed by atoms with Crippen molar-refractivity contribution in [1.82, 2.24) is 4.57 Å². The van der Waals surface area contributed by atoms with Gasteiger partial charge < -0.3 is 19.3 Å². The van der Waals surface area contributed by atoms with Crippen molar-refractivity contribution in [3.05, 3.63) is 52.4 Å². The molecule has 2 aromatic rings. The summed E-state index contributed by atoms with van der Waals surface area (Å²) in [6.45, 7) is 8.19. The number of aromatic nitrogens is 1. The predicted octanol–water partition coefficient (Wildman–Crippen LogP) is 4.87. The van der Waals surface area contributed by atoms with Crippen LogP contribution >= 0.6 is 0 Å². The minimum Gasteiger partial charge on any atom is -0.632 e. The van der Waals surface area contributed by atoms with Crippen LogP contribution in [0.2, 0.25) is 0 Å². The Morgan fingerprint density at radius 3 is 2.66 bits per heavy atom. The Balaban J connectivity index is 1.87. The number of benzene rings is 1. The van der Waals surface area contributed by atoms with E-state index in [1.165, 1.54) is 7.11 Å². The molecule has 1 aromatic carbocycles. The second-order valence-corrected chi connectivity index (χ2v) is 9.87. The summed E-state index contributed by atoms with van der Waals surface area (Å²) in [6.07, 6.45) is 2.81. The van der Waals surface area contributed by atoms with Gasteiger partial charge in [-0.15, -0.1) is 0 Å². The molecule has 1 fully saturated rings. The van der Waals surface area contributed by atoms with Crippen molar-refractivity contribution in [2.75, 3.05) is 20.2 Å². The number of nitrogens with zero attached hydrogens (tertiary/aromatic N) is 2. The second-order valence-electron chi connectivity index (χ2n) is 9.87. The van der Waals surface area contributed by atoms with E-state index in [-0.39, 0.29) is 18.3 Å². The Morgan fingerprint density at radius 2 is 2.00 bits per heavy atom. The lowest BCUT2D eigenvalue weighted by Crippen LogP contribution is -2.55. The number of carbonyl (C=O) groups excluding carboxylic acids is 2. The molecule has 0 saturated carbocycles. The molecule has 172 valence electrons. The first-order valence-electron chi connectivity index (χ1n) is 11.2. The van der Waals surface area contributed by atoms with Crippen molar-refractivity contribution in [2.45, 2.75) is 58.6 Å². The van der Waals surface area contributed by atoms with E-state index in [1.54, 1.807) is 4.57 Å². The third-order valence-corrected chi connectivity index (χ3v) is 6.71. The van der Waals surface area contributed by atoms with E-state index in [1.807, 2.05) is 58.0 Å². The molecule has 0 N–H and O–H groups in total. The quantitative estimate of drug-likeness (QED) is 0.288. The van der Waals surface area contributed by atoms with Gasteiger partial charge in [-0.25, -0.2) is 9.36 Å². The van der Waals surface area contributed by atoms with Crippen LogP contribution < -0.4 is 0 Å². The van der Waals surface area contributed by atoms with Gasteiger partial charge in [-0.3, -0.25) is 4.79 Å². The van der Waals surface area contributed by atoms with Gasteiger partial charge in [-0.2, -0.15) is 0 Å². The molecule has 0 aliphatic carbocycles. The van der Waals surface area contributed by atoms with Crippen LogP contribution in [-0.4, -0.2) is 47.1 Å². The summed E-state index contributed by atoms with van der Waals surface area (Å²) in [6, 6.07) is 7.31. The average Bonchev–Trinajstić information content (AvgIpc) is 3.07. The minimum atomic E-state index is -0.661. The number of ether oxygens (including phenoxy) is 2. The van der Waals surface area contributed by atoms with E-state index >= 15 is 0 Å². The number of rotatable bonds is 2. The van der Waals surface area contributed by atoms with Gasteiger partial charge in [0.2, 0.25) is 0 Å². The third-order valence-electron chi connectivity index (χ3n) is 6.71. The number of carbonyl (C=O) groups is 2. The van der Waals surface area contributed by atoms with Crippen LogP contribution in [0.15, 0.2) is 35.9 Å². The summed E-state index contributed by atoms with van der Waals surface area (Å²) in [5, 5.41) is 15.1. The third kappa shape index (κ3) is 3.84. The number of hydrogen-bond acceptors (Lipinski definition) is 5. The molecule has 2 aliphatic heterocycles. The first kappa shape index (κ1) is 22.6. The maximum atomic E-state index is 14.1. The topological polar surface area (TPSA) is 80.6 Å². The molecule has 4 rings (SSSR count). The summed E-state index contributed by atoms with van der Waals surface area (Å²) >= 11 is 0. The van der Waals surface area contributed by atoms with E-state index in [2.05, 4.69) is 0 Å². The number of hydrogen-bond donors (Lipinski definition) is 0. The molecular weight excluding hydrogens is 408 g/mol. The first-order valence-corrected chi connectivity index (χ1v) is 11.2. The van der Waals surface area contributed by atoms with E-state index < -0.39 is 22.4 Å². The molecule has 0 amide bonds. The molecule has 7 heteroatoms. The highest BCUT2D eigenvalue weighted by molar-refractivity contribution is 5.94. The van der Waals surface area contributed by atoms with Crippen LogP contribution in [-0.2, 0) is 20.7 Å². The van der Waals surface area contributed by atoms with Crippen LogP contribution in [0.3, 0.4) is 0 Å². The van der Waals surface area contributed by atoms with E-state index in [0.29, 0.717) is 25.9 Å². The Labute approximate surface area is 188 Å². The van der Waals surface area contributed by atoms with Gasteiger partial charge in [0.05, 0.1) is 31.3 Å². The molecule has 1 saturated heterocycles. The highest BCUT2D eigenvalue weighted by atomic mass is 16.6. The lowest BCUT2D eigenvalue weighted by atomic mass is 9.79. The summed E-state index contributed by atoms with van der Waals surface area (Å²) in [7, 11) is 1.38. The molecule has 3 heterocycles. The molecule has 0 radical (unpaired) electrons. The minimum absolute atomic E-state index is 0.0892. The Bertz CT molecular complexity index is 1090. The zero-order chi connectivity index (χ0) is 23.3. The number of hydroxylamine groups is 3. The van der Waals surface area contributed by atoms with Gasteiger partial charge >= 0.3 is 12.1 Å². The van der Waals surface area contributed by atoms with Crippen LogP contribution in [0, 0.1) is 11.1 Å². The zero-order valence-electron chi connectivity index (χ0n) is 19.5. The van der Waals surface area contributed by atoms with E-state index in [0.717, 1.165) is 27.7 Å². The molecular formula is C25H32N2O5. The molecule has 1 aromatic heterocycles. The maximum Gasteiger partial charge on any atom is 0.419 e. The number of para-hydroxylation sites is 1. The SMILES string of the molecule is C/C=C1\C[N+]2([O-])CCc3c(n(C(=O)OC(C)(C)C)c4ccccc34)[C@@H]2C[C@@H]1CC(=O)OC. The largest absolute Gasteiger partial charge is 0.632 e. The number of piperidine rings is 1. The van der Waals surface area contributed by atoms with Crippen LogP contribution in [0.5, 0.6) is 0 Å². The molecule has 0 bridgehead atoms. The highest BCUT2D eigenvalue weighted by Crippen LogP contribution is 2.49. The number of methoxy groups -OCH3 is 1. The average molecular weight is 441 g/mol. The molecule has 3 atom stereocenters. The number of allylic oxidation sites excluding steroid dienone is 1. The normalized spacial score (nSPS) is 26.5. The molecule has 32 heavy (non-hydrogen) atoms. The van der Waals surface area contributed by atoms with Crippen molar-refractivity contribution in [2.24, 2.45) is 5.92 Å². The Hall–Kier alpha value is -2.64. The summed E-state index contributed by atoms with van der Waals surface area (Å²) in [4.78, 5) is 25.4.